The van der Waals surface area contributed by atoms with Crippen molar-refractivity contribution in [3.8, 4) is 0 Å². The molecule has 0 bridgehead atoms. The van der Waals surface area contributed by atoms with Gasteiger partial charge in [0, 0.05) is 25.8 Å². The lowest BCUT2D eigenvalue weighted by Gasteiger charge is -2.32. The van der Waals surface area contributed by atoms with Crippen molar-refractivity contribution in [1.82, 2.24) is 4.98 Å². The largest absolute Gasteiger partial charge is 0.496 e. The van der Waals surface area contributed by atoms with E-state index in [0.29, 0.717) is 0 Å². The third-order valence-electron chi connectivity index (χ3n) is 3.79. The Morgan fingerprint density at radius 2 is 1.68 bits per heavy atom. The van der Waals surface area contributed by atoms with E-state index in [1.807, 2.05) is 59.0 Å². The van der Waals surface area contributed by atoms with Crippen LogP contribution in [0, 0.1) is 0 Å². The second kappa shape index (κ2) is 4.75. The van der Waals surface area contributed by atoms with Crippen molar-refractivity contribution in [2.45, 2.75) is 38.9 Å². The minimum atomic E-state index is -0.370. The Kier molecular flexibility index (Phi) is 3.71. The van der Waals surface area contributed by atoms with Crippen LogP contribution in [0.1, 0.15) is 27.7 Å². The smallest absolute Gasteiger partial charge is 0.399 e. The van der Waals surface area contributed by atoms with Gasteiger partial charge in [-0.2, -0.15) is 0 Å². The highest BCUT2D eigenvalue weighted by atomic mass is 79.9. The van der Waals surface area contributed by atoms with E-state index in [1.54, 1.807) is 0 Å². The van der Waals surface area contributed by atoms with Gasteiger partial charge in [-0.05, 0) is 49.7 Å². The van der Waals surface area contributed by atoms with E-state index in [0.717, 1.165) is 15.8 Å². The zero-order valence-corrected chi connectivity index (χ0v) is 13.9. The molecule has 0 aromatic carbocycles. The number of halogens is 1. The molecular weight excluding hydrogens is 307 g/mol. The molecule has 2 rings (SSSR count). The summed E-state index contributed by atoms with van der Waals surface area (Å²) in [5.41, 5.74) is 0.269. The average Bonchev–Trinajstić information content (AvgIpc) is 2.47. The van der Waals surface area contributed by atoms with Gasteiger partial charge in [0.1, 0.15) is 5.82 Å². The first-order valence-corrected chi connectivity index (χ1v) is 7.12. The van der Waals surface area contributed by atoms with Gasteiger partial charge >= 0.3 is 7.12 Å². The van der Waals surface area contributed by atoms with Crippen molar-refractivity contribution in [3.63, 3.8) is 0 Å². The summed E-state index contributed by atoms with van der Waals surface area (Å²) in [6, 6.07) is 2.00. The van der Waals surface area contributed by atoms with Gasteiger partial charge < -0.3 is 14.2 Å². The van der Waals surface area contributed by atoms with Crippen LogP contribution in [0.15, 0.2) is 16.7 Å². The molecule has 1 fully saturated rings. The molecular formula is C13H20BBrN2O2. The second-order valence-corrected chi connectivity index (χ2v) is 6.91. The normalized spacial score (nSPS) is 20.7. The summed E-state index contributed by atoms with van der Waals surface area (Å²) in [4.78, 5) is 6.39. The van der Waals surface area contributed by atoms with Crippen LogP contribution in [0.25, 0.3) is 0 Å². The first-order chi connectivity index (χ1) is 8.64. The molecule has 104 valence electrons. The first kappa shape index (κ1) is 14.8. The molecule has 0 radical (unpaired) electrons. The molecule has 1 aliphatic rings. The van der Waals surface area contributed by atoms with Crippen LogP contribution in [0.2, 0.25) is 0 Å². The monoisotopic (exact) mass is 326 g/mol. The highest BCUT2D eigenvalue weighted by Crippen LogP contribution is 2.36. The number of rotatable bonds is 2. The maximum atomic E-state index is 6.01. The fraction of sp³-hybridized carbons (Fsp3) is 0.615. The second-order valence-electron chi connectivity index (χ2n) is 6.06. The van der Waals surface area contributed by atoms with Crippen LogP contribution in [0.5, 0.6) is 0 Å². The number of hydrogen-bond donors (Lipinski definition) is 0. The fourth-order valence-electron chi connectivity index (χ4n) is 1.88. The topological polar surface area (TPSA) is 34.6 Å². The Balaban J connectivity index is 2.28. The number of anilines is 1. The lowest BCUT2D eigenvalue weighted by atomic mass is 9.80. The Labute approximate surface area is 123 Å². The van der Waals surface area contributed by atoms with E-state index in [4.69, 9.17) is 9.31 Å². The van der Waals surface area contributed by atoms with Crippen LogP contribution in [0.3, 0.4) is 0 Å². The molecule has 1 aromatic heterocycles. The predicted octanol–water partition coefficient (Wildman–Crippen LogP) is 2.21. The molecule has 0 saturated carbocycles. The van der Waals surface area contributed by atoms with E-state index in [1.165, 1.54) is 0 Å². The van der Waals surface area contributed by atoms with E-state index in [9.17, 15) is 0 Å². The summed E-state index contributed by atoms with van der Waals surface area (Å²) in [6.45, 7) is 8.18. The van der Waals surface area contributed by atoms with Gasteiger partial charge in [0.05, 0.1) is 15.7 Å². The van der Waals surface area contributed by atoms with Gasteiger partial charge in [0.2, 0.25) is 0 Å². The number of hydrogen-bond acceptors (Lipinski definition) is 4. The molecule has 0 aliphatic carbocycles. The minimum Gasteiger partial charge on any atom is -0.399 e. The zero-order chi connectivity index (χ0) is 14.4. The summed E-state index contributed by atoms with van der Waals surface area (Å²) in [6.07, 6.45) is 1.81. The summed E-state index contributed by atoms with van der Waals surface area (Å²) in [7, 11) is 3.55. The molecule has 1 aliphatic heterocycles. The van der Waals surface area contributed by atoms with E-state index in [-0.39, 0.29) is 18.3 Å². The van der Waals surface area contributed by atoms with Gasteiger partial charge in [0.15, 0.2) is 0 Å². The predicted molar refractivity (Wildman–Crippen MR) is 82.0 cm³/mol. The summed E-state index contributed by atoms with van der Waals surface area (Å²) in [5, 5.41) is 0. The molecule has 0 atom stereocenters. The molecule has 4 nitrogen and oxygen atoms in total. The van der Waals surface area contributed by atoms with Crippen molar-refractivity contribution in [3.05, 3.63) is 16.7 Å². The van der Waals surface area contributed by atoms with Crippen molar-refractivity contribution in [1.29, 1.82) is 0 Å². The van der Waals surface area contributed by atoms with Crippen LogP contribution >= 0.6 is 15.9 Å². The maximum Gasteiger partial charge on any atom is 0.496 e. The Hall–Kier alpha value is -0.585. The van der Waals surface area contributed by atoms with Gasteiger partial charge in [-0.25, -0.2) is 4.98 Å². The molecule has 2 heterocycles. The highest BCUT2D eigenvalue weighted by molar-refractivity contribution is 9.10. The highest BCUT2D eigenvalue weighted by Gasteiger charge is 2.51. The van der Waals surface area contributed by atoms with Crippen molar-refractivity contribution in [2.24, 2.45) is 0 Å². The number of aromatic nitrogens is 1. The molecule has 19 heavy (non-hydrogen) atoms. The molecule has 0 N–H and O–H groups in total. The number of nitrogens with zero attached hydrogens (tertiary/aromatic N) is 2. The van der Waals surface area contributed by atoms with Crippen molar-refractivity contribution < 1.29 is 9.31 Å². The van der Waals surface area contributed by atoms with Crippen LogP contribution in [0.4, 0.5) is 5.82 Å². The standard InChI is InChI=1S/C13H20BBrN2O2/c1-12(2)13(3,4)19-14(18-12)9-7-10(15)11(16-8-9)17(5)6/h7-8H,1-6H3. The molecule has 1 saturated heterocycles. The zero-order valence-electron chi connectivity index (χ0n) is 12.3. The third-order valence-corrected chi connectivity index (χ3v) is 4.38. The van der Waals surface area contributed by atoms with Gasteiger partial charge in [0.25, 0.3) is 0 Å². The molecule has 1 aromatic rings. The minimum absolute atomic E-state index is 0.329. The molecule has 0 amide bonds. The first-order valence-electron chi connectivity index (χ1n) is 6.32. The van der Waals surface area contributed by atoms with Crippen molar-refractivity contribution >= 4 is 34.3 Å². The van der Waals surface area contributed by atoms with Gasteiger partial charge in [-0.15, -0.1) is 0 Å². The third kappa shape index (κ3) is 2.66. The summed E-state index contributed by atoms with van der Waals surface area (Å²) >= 11 is 3.54. The lowest BCUT2D eigenvalue weighted by Crippen LogP contribution is -2.41. The molecule has 0 unspecified atom stereocenters. The quantitative estimate of drug-likeness (QED) is 0.780. The lowest BCUT2D eigenvalue weighted by molar-refractivity contribution is 0.00578. The SMILES string of the molecule is CN(C)c1ncc(B2OC(C)(C)C(C)(C)O2)cc1Br. The van der Waals surface area contributed by atoms with Crippen LogP contribution < -0.4 is 10.4 Å². The van der Waals surface area contributed by atoms with E-state index in [2.05, 4.69) is 20.9 Å². The molecule has 6 heteroatoms. The average molecular weight is 327 g/mol. The maximum absolute atomic E-state index is 6.01. The van der Waals surface area contributed by atoms with Crippen LogP contribution in [-0.2, 0) is 9.31 Å². The van der Waals surface area contributed by atoms with Gasteiger partial charge in [-0.3, -0.25) is 0 Å². The Bertz CT molecular complexity index is 476. The Morgan fingerprint density at radius 3 is 2.11 bits per heavy atom. The van der Waals surface area contributed by atoms with E-state index >= 15 is 0 Å². The molecule has 0 spiro atoms. The van der Waals surface area contributed by atoms with E-state index < -0.39 is 0 Å². The summed E-state index contributed by atoms with van der Waals surface area (Å²) < 4.78 is 13.0. The van der Waals surface area contributed by atoms with Gasteiger partial charge in [-0.1, -0.05) is 0 Å². The van der Waals surface area contributed by atoms with Crippen LogP contribution in [-0.4, -0.2) is 37.4 Å². The van der Waals surface area contributed by atoms with Crippen molar-refractivity contribution in [2.75, 3.05) is 19.0 Å². The Morgan fingerprint density at radius 1 is 1.16 bits per heavy atom. The fourth-order valence-corrected chi connectivity index (χ4v) is 2.60. The summed E-state index contributed by atoms with van der Waals surface area (Å²) in [5.74, 6) is 0.889. The number of pyridine rings is 1.